The molecule has 0 unspecified atom stereocenters. The zero-order valence-corrected chi connectivity index (χ0v) is 13.5. The van der Waals surface area contributed by atoms with E-state index in [-0.39, 0.29) is 23.8 Å². The highest BCUT2D eigenvalue weighted by molar-refractivity contribution is 9.09. The van der Waals surface area contributed by atoms with Crippen molar-refractivity contribution < 1.29 is 14.3 Å². The summed E-state index contributed by atoms with van der Waals surface area (Å²) in [6, 6.07) is 3.71. The second-order valence-electron chi connectivity index (χ2n) is 4.52. The highest BCUT2D eigenvalue weighted by Gasteiger charge is 2.14. The number of esters is 1. The number of ether oxygens (including phenoxy) is 1. The third-order valence-corrected chi connectivity index (χ3v) is 3.42. The number of anilines is 1. The van der Waals surface area contributed by atoms with Gasteiger partial charge in [0.1, 0.15) is 19.8 Å². The molecular formula is C14H17BBrNO3. The Bertz CT molecular complexity index is 496. The van der Waals surface area contributed by atoms with Crippen molar-refractivity contribution >= 4 is 46.8 Å². The molecule has 0 N–H and O–H groups in total. The molecule has 6 heteroatoms. The van der Waals surface area contributed by atoms with Gasteiger partial charge < -0.3 is 9.64 Å². The van der Waals surface area contributed by atoms with Gasteiger partial charge in [0.2, 0.25) is 5.91 Å². The molecule has 1 aromatic rings. The summed E-state index contributed by atoms with van der Waals surface area (Å²) in [4.78, 5) is 24.4. The zero-order valence-electron chi connectivity index (χ0n) is 11.9. The molecule has 1 amide bonds. The Morgan fingerprint density at radius 2 is 1.85 bits per heavy atom. The molecule has 20 heavy (non-hydrogen) atoms. The third-order valence-electron chi connectivity index (χ3n) is 2.96. The minimum Gasteiger partial charge on any atom is -0.463 e. The normalized spacial score (nSPS) is 10.2. The van der Waals surface area contributed by atoms with E-state index in [1.807, 2.05) is 26.0 Å². The maximum atomic E-state index is 11.7. The maximum absolute atomic E-state index is 11.7. The van der Waals surface area contributed by atoms with E-state index in [9.17, 15) is 9.59 Å². The van der Waals surface area contributed by atoms with Gasteiger partial charge in [0.25, 0.3) is 0 Å². The second-order valence-corrected chi connectivity index (χ2v) is 5.08. The Balaban J connectivity index is 2.86. The summed E-state index contributed by atoms with van der Waals surface area (Å²) in [5, 5.41) is 0.146. The Morgan fingerprint density at radius 3 is 2.30 bits per heavy atom. The van der Waals surface area contributed by atoms with Gasteiger partial charge in [0.15, 0.2) is 0 Å². The number of benzene rings is 1. The van der Waals surface area contributed by atoms with Crippen LogP contribution in [0.1, 0.15) is 18.1 Å². The van der Waals surface area contributed by atoms with Crippen molar-refractivity contribution in [3.8, 4) is 0 Å². The standard InChI is InChI=1S/C14H17BBrNO3/c1-9-6-12(7-10(2)14(9)15)17(11(3)18)4-5-20-13(19)8-16/h6-7H,4-5,8H2,1-3H3. The molecule has 0 bridgehead atoms. The number of amides is 1. The lowest BCUT2D eigenvalue weighted by Crippen LogP contribution is -2.33. The van der Waals surface area contributed by atoms with Gasteiger partial charge in [-0.05, 0) is 26.0 Å². The summed E-state index contributed by atoms with van der Waals surface area (Å²) in [7, 11) is 5.91. The van der Waals surface area contributed by atoms with Crippen molar-refractivity contribution in [3.05, 3.63) is 23.3 Å². The van der Waals surface area contributed by atoms with Gasteiger partial charge in [0.05, 0.1) is 6.54 Å². The van der Waals surface area contributed by atoms with Crippen LogP contribution in [0, 0.1) is 13.8 Å². The lowest BCUT2D eigenvalue weighted by atomic mass is 9.86. The average Bonchev–Trinajstić information content (AvgIpc) is 2.39. The lowest BCUT2D eigenvalue weighted by molar-refractivity contribution is -0.140. The first-order chi connectivity index (χ1) is 9.36. The summed E-state index contributed by atoms with van der Waals surface area (Å²) < 4.78 is 4.97. The summed E-state index contributed by atoms with van der Waals surface area (Å²) in [6.45, 7) is 5.75. The number of halogens is 1. The van der Waals surface area contributed by atoms with E-state index in [0.29, 0.717) is 6.54 Å². The smallest absolute Gasteiger partial charge is 0.316 e. The topological polar surface area (TPSA) is 46.6 Å². The Morgan fingerprint density at radius 1 is 1.30 bits per heavy atom. The molecule has 0 saturated heterocycles. The molecule has 1 rings (SSSR count). The number of nitrogens with zero attached hydrogens (tertiary/aromatic N) is 1. The van der Waals surface area contributed by atoms with E-state index in [0.717, 1.165) is 22.3 Å². The fourth-order valence-corrected chi connectivity index (χ4v) is 2.03. The molecule has 0 heterocycles. The quantitative estimate of drug-likeness (QED) is 0.463. The summed E-state index contributed by atoms with van der Waals surface area (Å²) >= 11 is 3.01. The summed E-state index contributed by atoms with van der Waals surface area (Å²) in [5.41, 5.74) is 3.33. The van der Waals surface area contributed by atoms with Crippen LogP contribution in [0.2, 0.25) is 0 Å². The van der Waals surface area contributed by atoms with Gasteiger partial charge in [-0.2, -0.15) is 0 Å². The van der Waals surface area contributed by atoms with E-state index < -0.39 is 0 Å². The molecule has 4 nitrogen and oxygen atoms in total. The Hall–Kier alpha value is -1.30. The van der Waals surface area contributed by atoms with Gasteiger partial charge in [-0.1, -0.05) is 32.5 Å². The average molecular weight is 338 g/mol. The summed E-state index contributed by atoms with van der Waals surface area (Å²) in [6.07, 6.45) is 0. The Kier molecular flexibility index (Phi) is 6.27. The van der Waals surface area contributed by atoms with Crippen LogP contribution in [-0.4, -0.2) is 38.2 Å². The molecule has 106 valence electrons. The first-order valence-electron chi connectivity index (χ1n) is 6.23. The van der Waals surface area contributed by atoms with E-state index in [1.165, 1.54) is 6.92 Å². The molecule has 1 aromatic carbocycles. The number of rotatable bonds is 5. The van der Waals surface area contributed by atoms with Gasteiger partial charge in [-0.3, -0.25) is 9.59 Å². The highest BCUT2D eigenvalue weighted by Crippen LogP contribution is 2.17. The minimum absolute atomic E-state index is 0.108. The van der Waals surface area contributed by atoms with Gasteiger partial charge >= 0.3 is 5.97 Å². The largest absolute Gasteiger partial charge is 0.463 e. The van der Waals surface area contributed by atoms with Crippen LogP contribution in [0.3, 0.4) is 0 Å². The molecular weight excluding hydrogens is 321 g/mol. The maximum Gasteiger partial charge on any atom is 0.316 e. The molecule has 0 fully saturated rings. The fourth-order valence-electron chi connectivity index (χ4n) is 1.87. The number of aryl methyl sites for hydroxylation is 2. The lowest BCUT2D eigenvalue weighted by Gasteiger charge is -2.23. The second kappa shape index (κ2) is 7.48. The van der Waals surface area contributed by atoms with E-state index in [4.69, 9.17) is 12.6 Å². The Labute approximate surface area is 129 Å². The van der Waals surface area contributed by atoms with Crippen LogP contribution >= 0.6 is 15.9 Å². The van der Waals surface area contributed by atoms with Crippen molar-refractivity contribution in [2.45, 2.75) is 20.8 Å². The first kappa shape index (κ1) is 16.8. The molecule has 0 aromatic heterocycles. The van der Waals surface area contributed by atoms with Crippen molar-refractivity contribution in [2.24, 2.45) is 0 Å². The third kappa shape index (κ3) is 4.37. The van der Waals surface area contributed by atoms with Gasteiger partial charge in [-0.15, -0.1) is 0 Å². The monoisotopic (exact) mass is 337 g/mol. The van der Waals surface area contributed by atoms with Crippen LogP contribution in [0.5, 0.6) is 0 Å². The number of hydrogen-bond donors (Lipinski definition) is 0. The summed E-state index contributed by atoms with van der Waals surface area (Å²) in [5.74, 6) is -0.457. The van der Waals surface area contributed by atoms with Crippen LogP contribution in [0.4, 0.5) is 5.69 Å². The number of carbonyl (C=O) groups excluding carboxylic acids is 2. The highest BCUT2D eigenvalue weighted by atomic mass is 79.9. The molecule has 0 spiro atoms. The van der Waals surface area contributed by atoms with Crippen LogP contribution in [0.25, 0.3) is 0 Å². The van der Waals surface area contributed by atoms with Crippen molar-refractivity contribution in [3.63, 3.8) is 0 Å². The van der Waals surface area contributed by atoms with Crippen molar-refractivity contribution in [1.29, 1.82) is 0 Å². The molecule has 0 aliphatic rings. The number of hydrogen-bond acceptors (Lipinski definition) is 3. The molecule has 0 atom stereocenters. The number of carbonyl (C=O) groups is 2. The molecule has 0 saturated carbocycles. The van der Waals surface area contributed by atoms with Crippen molar-refractivity contribution in [1.82, 2.24) is 0 Å². The van der Waals surface area contributed by atoms with Crippen molar-refractivity contribution in [2.75, 3.05) is 23.4 Å². The first-order valence-corrected chi connectivity index (χ1v) is 7.35. The molecule has 0 aliphatic heterocycles. The van der Waals surface area contributed by atoms with E-state index in [2.05, 4.69) is 15.9 Å². The number of alkyl halides is 1. The fraction of sp³-hybridized carbons (Fsp3) is 0.429. The molecule has 0 aliphatic carbocycles. The van der Waals surface area contributed by atoms with Crippen LogP contribution in [-0.2, 0) is 14.3 Å². The van der Waals surface area contributed by atoms with Gasteiger partial charge in [-0.25, -0.2) is 0 Å². The zero-order chi connectivity index (χ0) is 15.3. The minimum atomic E-state index is -0.349. The van der Waals surface area contributed by atoms with Crippen LogP contribution < -0.4 is 10.4 Å². The molecule has 2 radical (unpaired) electrons. The SMILES string of the molecule is [B]c1c(C)cc(N(CCOC(=O)CBr)C(C)=O)cc1C. The van der Waals surface area contributed by atoms with Crippen LogP contribution in [0.15, 0.2) is 12.1 Å². The van der Waals surface area contributed by atoms with Gasteiger partial charge in [0, 0.05) is 12.6 Å². The van der Waals surface area contributed by atoms with E-state index >= 15 is 0 Å². The predicted octanol–water partition coefficient (Wildman–Crippen LogP) is 1.39. The predicted molar refractivity (Wildman–Crippen MR) is 84.1 cm³/mol. The van der Waals surface area contributed by atoms with E-state index in [1.54, 1.807) is 4.90 Å².